The van der Waals surface area contributed by atoms with Gasteiger partial charge >= 0.3 is 12.1 Å². The van der Waals surface area contributed by atoms with Gasteiger partial charge in [-0.3, -0.25) is 0 Å². The van der Waals surface area contributed by atoms with Gasteiger partial charge in [0, 0.05) is 5.75 Å². The van der Waals surface area contributed by atoms with Gasteiger partial charge in [0.1, 0.15) is 9.88 Å². The number of carboxylic acids is 1. The molecule has 1 N–H and O–H groups in total. The van der Waals surface area contributed by atoms with Gasteiger partial charge in [0.2, 0.25) is 0 Å². The lowest BCUT2D eigenvalue weighted by Gasteiger charge is -2.02. The highest BCUT2D eigenvalue weighted by atomic mass is 32.2. The van der Waals surface area contributed by atoms with Crippen molar-refractivity contribution >= 4 is 29.1 Å². The zero-order valence-electron chi connectivity index (χ0n) is 7.46. The molecule has 0 aliphatic heterocycles. The van der Waals surface area contributed by atoms with Crippen molar-refractivity contribution < 1.29 is 23.1 Å². The zero-order valence-corrected chi connectivity index (χ0v) is 9.09. The van der Waals surface area contributed by atoms with E-state index in [1.165, 1.54) is 11.8 Å². The Labute approximate surface area is 91.3 Å². The minimum absolute atomic E-state index is 0.173. The van der Waals surface area contributed by atoms with E-state index in [2.05, 4.69) is 4.98 Å². The van der Waals surface area contributed by atoms with Crippen LogP contribution in [0.15, 0.2) is 0 Å². The molecule has 1 heterocycles. The molecule has 0 aromatic carbocycles. The van der Waals surface area contributed by atoms with Crippen molar-refractivity contribution in [3.8, 4) is 0 Å². The number of hydrogen-bond acceptors (Lipinski definition) is 4. The quantitative estimate of drug-likeness (QED) is 0.904. The van der Waals surface area contributed by atoms with Crippen LogP contribution in [0.5, 0.6) is 0 Å². The summed E-state index contributed by atoms with van der Waals surface area (Å²) in [6.45, 7) is 0. The van der Waals surface area contributed by atoms with Crippen LogP contribution < -0.4 is 0 Å². The molecule has 3 nitrogen and oxygen atoms in total. The molecule has 15 heavy (non-hydrogen) atoms. The van der Waals surface area contributed by atoms with E-state index in [1.54, 1.807) is 6.26 Å². The molecule has 8 heteroatoms. The highest BCUT2D eigenvalue weighted by Gasteiger charge is 2.39. The van der Waals surface area contributed by atoms with E-state index in [-0.39, 0.29) is 10.8 Å². The average Bonchev–Trinajstić information content (AvgIpc) is 2.48. The molecule has 0 radical (unpaired) electrons. The fourth-order valence-electron chi connectivity index (χ4n) is 0.887. The normalized spacial score (nSPS) is 11.7. The molecule has 1 aromatic heterocycles. The summed E-state index contributed by atoms with van der Waals surface area (Å²) in [6, 6.07) is 0. The van der Waals surface area contributed by atoms with Gasteiger partial charge in [-0.25, -0.2) is 9.78 Å². The molecule has 0 saturated heterocycles. The van der Waals surface area contributed by atoms with Crippen molar-refractivity contribution in [2.24, 2.45) is 0 Å². The smallest absolute Gasteiger partial charge is 0.435 e. The molecule has 0 atom stereocenters. The monoisotopic (exact) mass is 257 g/mol. The molecule has 1 aromatic rings. The van der Waals surface area contributed by atoms with E-state index in [9.17, 15) is 18.0 Å². The Morgan fingerprint density at radius 2 is 2.20 bits per heavy atom. The molecule has 0 fully saturated rings. The first-order valence-corrected chi connectivity index (χ1v) is 5.86. The van der Waals surface area contributed by atoms with Gasteiger partial charge in [0.05, 0.1) is 0 Å². The lowest BCUT2D eigenvalue weighted by atomic mass is 10.3. The predicted octanol–water partition coefficient (Wildman–Crippen LogP) is 2.72. The maximum absolute atomic E-state index is 12.3. The number of thiazole rings is 1. The maximum Gasteiger partial charge on any atom is 0.435 e. The number of nitrogens with zero attached hydrogens (tertiary/aromatic N) is 1. The van der Waals surface area contributed by atoms with E-state index in [4.69, 9.17) is 5.11 Å². The van der Waals surface area contributed by atoms with E-state index >= 15 is 0 Å². The third-order valence-electron chi connectivity index (χ3n) is 1.40. The molecular formula is C7H6F3NO2S2. The van der Waals surface area contributed by atoms with Gasteiger partial charge in [0.15, 0.2) is 5.69 Å². The van der Waals surface area contributed by atoms with Gasteiger partial charge in [-0.1, -0.05) is 0 Å². The fraction of sp³-hybridized carbons (Fsp3) is 0.429. The lowest BCUT2D eigenvalue weighted by molar-refractivity contribution is -0.141. The number of aromatic nitrogens is 1. The van der Waals surface area contributed by atoms with Crippen molar-refractivity contribution in [1.29, 1.82) is 0 Å². The Bertz CT molecular complexity index is 375. The highest BCUT2D eigenvalue weighted by Crippen LogP contribution is 2.35. The Morgan fingerprint density at radius 3 is 2.53 bits per heavy atom. The summed E-state index contributed by atoms with van der Waals surface area (Å²) < 4.78 is 37.0. The summed E-state index contributed by atoms with van der Waals surface area (Å²) in [6.07, 6.45) is -3.00. The molecule has 0 unspecified atom stereocenters. The van der Waals surface area contributed by atoms with Crippen molar-refractivity contribution in [3.05, 3.63) is 15.6 Å². The molecule has 0 bridgehead atoms. The zero-order chi connectivity index (χ0) is 11.6. The van der Waals surface area contributed by atoms with Crippen LogP contribution in [0.2, 0.25) is 0 Å². The maximum atomic E-state index is 12.3. The molecular weight excluding hydrogens is 251 g/mol. The Kier molecular flexibility index (Phi) is 3.61. The minimum atomic E-state index is -4.71. The van der Waals surface area contributed by atoms with Gasteiger partial charge < -0.3 is 5.11 Å². The van der Waals surface area contributed by atoms with Crippen molar-refractivity contribution in [2.45, 2.75) is 11.9 Å². The molecule has 84 valence electrons. The summed E-state index contributed by atoms with van der Waals surface area (Å²) in [5.41, 5.74) is -1.30. The Hall–Kier alpha value is -0.760. The van der Waals surface area contributed by atoms with Crippen molar-refractivity contribution in [3.63, 3.8) is 0 Å². The summed E-state index contributed by atoms with van der Waals surface area (Å²) in [5, 5.41) is 8.75. The molecule has 1 rings (SSSR count). The van der Waals surface area contributed by atoms with E-state index in [1.807, 2.05) is 0 Å². The third kappa shape index (κ3) is 2.85. The van der Waals surface area contributed by atoms with E-state index < -0.39 is 22.7 Å². The van der Waals surface area contributed by atoms with Gasteiger partial charge in [-0.05, 0) is 6.26 Å². The second-order valence-corrected chi connectivity index (χ2v) is 4.47. The van der Waals surface area contributed by atoms with E-state index in [0.29, 0.717) is 11.3 Å². The number of carboxylic acid groups (broad SMARTS) is 1. The van der Waals surface area contributed by atoms with E-state index in [0.717, 1.165) is 0 Å². The summed E-state index contributed by atoms with van der Waals surface area (Å²) in [5.74, 6) is -1.31. The lowest BCUT2D eigenvalue weighted by Crippen LogP contribution is -2.11. The van der Waals surface area contributed by atoms with Crippen LogP contribution in [0.3, 0.4) is 0 Å². The first-order chi connectivity index (χ1) is 6.86. The summed E-state index contributed by atoms with van der Waals surface area (Å²) >= 11 is 1.85. The van der Waals surface area contributed by atoms with Crippen molar-refractivity contribution in [2.75, 3.05) is 6.26 Å². The number of alkyl halides is 3. The number of thioether (sulfide) groups is 1. The largest absolute Gasteiger partial charge is 0.477 e. The van der Waals surface area contributed by atoms with Crippen LogP contribution in [0.25, 0.3) is 0 Å². The van der Waals surface area contributed by atoms with Crippen LogP contribution in [0, 0.1) is 0 Å². The number of halogens is 3. The fourth-order valence-corrected chi connectivity index (χ4v) is 2.51. The second kappa shape index (κ2) is 4.40. The molecule has 0 aliphatic carbocycles. The summed E-state index contributed by atoms with van der Waals surface area (Å²) in [7, 11) is 0. The van der Waals surface area contributed by atoms with Crippen LogP contribution in [0.4, 0.5) is 13.2 Å². The molecule has 0 amide bonds. The SMILES string of the molecule is CSCc1nc(C(F)(F)F)c(C(=O)O)s1. The second-order valence-electron chi connectivity index (χ2n) is 2.52. The Balaban J connectivity index is 3.18. The first kappa shape index (κ1) is 12.3. The van der Waals surface area contributed by atoms with Crippen LogP contribution in [-0.2, 0) is 11.9 Å². The van der Waals surface area contributed by atoms with Gasteiger partial charge in [-0.2, -0.15) is 24.9 Å². The third-order valence-corrected chi connectivity index (χ3v) is 3.19. The standard InChI is InChI=1S/C7H6F3NO2S2/c1-14-2-3-11-5(7(8,9)10)4(15-3)6(12)13/h2H2,1H3,(H,12,13). The predicted molar refractivity (Wildman–Crippen MR) is 51.3 cm³/mol. The van der Waals surface area contributed by atoms with Crippen molar-refractivity contribution in [1.82, 2.24) is 4.98 Å². The van der Waals surface area contributed by atoms with Crippen LogP contribution in [-0.4, -0.2) is 22.3 Å². The number of aromatic carboxylic acids is 1. The molecule has 0 aliphatic rings. The Morgan fingerprint density at radius 1 is 1.60 bits per heavy atom. The van der Waals surface area contributed by atoms with Crippen LogP contribution >= 0.6 is 23.1 Å². The highest BCUT2D eigenvalue weighted by molar-refractivity contribution is 7.97. The molecule has 0 spiro atoms. The number of hydrogen-bond donors (Lipinski definition) is 1. The molecule has 0 saturated carbocycles. The number of carbonyl (C=O) groups is 1. The van der Waals surface area contributed by atoms with Gasteiger partial charge in [0.25, 0.3) is 0 Å². The minimum Gasteiger partial charge on any atom is -0.477 e. The summed E-state index contributed by atoms with van der Waals surface area (Å²) in [4.78, 5) is 13.1. The number of rotatable bonds is 3. The topological polar surface area (TPSA) is 50.2 Å². The average molecular weight is 257 g/mol. The first-order valence-electron chi connectivity index (χ1n) is 3.65. The van der Waals surface area contributed by atoms with Crippen LogP contribution in [0.1, 0.15) is 20.4 Å². The van der Waals surface area contributed by atoms with Gasteiger partial charge in [-0.15, -0.1) is 11.3 Å².